The molecule has 1 aliphatic heterocycles. The summed E-state index contributed by atoms with van der Waals surface area (Å²) in [4.78, 5) is 20.2. The number of benzene rings is 1. The fourth-order valence-electron chi connectivity index (χ4n) is 2.18. The Balaban J connectivity index is 1.84. The summed E-state index contributed by atoms with van der Waals surface area (Å²) < 4.78 is 5.11. The number of anilines is 2. The van der Waals surface area contributed by atoms with Gasteiger partial charge >= 0.3 is 0 Å². The molecule has 0 fully saturated rings. The molecule has 1 atom stereocenters. The van der Waals surface area contributed by atoms with Crippen LogP contribution in [0.25, 0.3) is 0 Å². The standard InChI is InChI=1S/C14H14N4O2/c1-20-14-11-12(15-8-16-14)17-10(13(19)18-11)7-9-5-3-2-4-6-9/h2-6,8,10H,7H2,1H3,(H,18,19)(H,15,16,17). The van der Waals surface area contributed by atoms with Crippen molar-refractivity contribution in [2.45, 2.75) is 12.5 Å². The number of rotatable bonds is 3. The average molecular weight is 270 g/mol. The van der Waals surface area contributed by atoms with Crippen molar-refractivity contribution in [1.29, 1.82) is 0 Å². The van der Waals surface area contributed by atoms with Crippen LogP contribution in [0.5, 0.6) is 5.88 Å². The lowest BCUT2D eigenvalue weighted by Crippen LogP contribution is -2.41. The minimum Gasteiger partial charge on any atom is -0.479 e. The van der Waals surface area contributed by atoms with Crippen molar-refractivity contribution in [1.82, 2.24) is 9.97 Å². The predicted molar refractivity (Wildman–Crippen MR) is 74.8 cm³/mol. The minimum absolute atomic E-state index is 0.116. The SMILES string of the molecule is COc1ncnc2c1NC(=O)C(Cc1ccccc1)N2. The van der Waals surface area contributed by atoms with Gasteiger partial charge in [0.05, 0.1) is 7.11 Å². The summed E-state index contributed by atoms with van der Waals surface area (Å²) in [5.74, 6) is 0.820. The molecular formula is C14H14N4O2. The van der Waals surface area contributed by atoms with Gasteiger partial charge in [-0.15, -0.1) is 0 Å². The summed E-state index contributed by atoms with van der Waals surface area (Å²) >= 11 is 0. The van der Waals surface area contributed by atoms with Crippen LogP contribution < -0.4 is 15.4 Å². The molecule has 0 saturated carbocycles. The van der Waals surface area contributed by atoms with Crippen molar-refractivity contribution in [2.24, 2.45) is 0 Å². The fourth-order valence-corrected chi connectivity index (χ4v) is 2.18. The van der Waals surface area contributed by atoms with E-state index in [0.29, 0.717) is 23.8 Å². The third kappa shape index (κ3) is 2.27. The lowest BCUT2D eigenvalue weighted by molar-refractivity contribution is -0.117. The van der Waals surface area contributed by atoms with E-state index in [4.69, 9.17) is 4.74 Å². The molecule has 0 saturated heterocycles. The zero-order valence-electron chi connectivity index (χ0n) is 11.0. The number of nitrogens with zero attached hydrogens (tertiary/aromatic N) is 2. The van der Waals surface area contributed by atoms with E-state index in [2.05, 4.69) is 20.6 Å². The average Bonchev–Trinajstić information content (AvgIpc) is 2.48. The maximum absolute atomic E-state index is 12.1. The Kier molecular flexibility index (Phi) is 3.20. The largest absolute Gasteiger partial charge is 0.479 e. The molecule has 6 nitrogen and oxygen atoms in total. The molecule has 0 radical (unpaired) electrons. The van der Waals surface area contributed by atoms with Gasteiger partial charge in [0.15, 0.2) is 5.82 Å². The molecule has 6 heteroatoms. The third-order valence-corrected chi connectivity index (χ3v) is 3.16. The van der Waals surface area contributed by atoms with Gasteiger partial charge in [-0.2, -0.15) is 4.98 Å². The van der Waals surface area contributed by atoms with Crippen LogP contribution in [-0.4, -0.2) is 29.0 Å². The number of hydrogen-bond acceptors (Lipinski definition) is 5. The maximum Gasteiger partial charge on any atom is 0.247 e. The Morgan fingerprint density at radius 1 is 1.25 bits per heavy atom. The maximum atomic E-state index is 12.1. The van der Waals surface area contributed by atoms with Crippen LogP contribution in [0, 0.1) is 0 Å². The third-order valence-electron chi connectivity index (χ3n) is 3.16. The van der Waals surface area contributed by atoms with Gasteiger partial charge in [-0.1, -0.05) is 30.3 Å². The second-order valence-corrected chi connectivity index (χ2v) is 4.48. The summed E-state index contributed by atoms with van der Waals surface area (Å²) in [5, 5.41) is 5.93. The number of carbonyl (C=O) groups excluding carboxylic acids is 1. The first-order valence-electron chi connectivity index (χ1n) is 6.28. The molecule has 1 aliphatic rings. The van der Waals surface area contributed by atoms with Crippen molar-refractivity contribution in [3.8, 4) is 5.88 Å². The molecule has 2 heterocycles. The smallest absolute Gasteiger partial charge is 0.247 e. The van der Waals surface area contributed by atoms with Gasteiger partial charge in [-0.3, -0.25) is 4.79 Å². The van der Waals surface area contributed by atoms with Gasteiger partial charge in [-0.25, -0.2) is 4.98 Å². The normalized spacial score (nSPS) is 16.9. The molecular weight excluding hydrogens is 256 g/mol. The zero-order valence-corrected chi connectivity index (χ0v) is 11.0. The minimum atomic E-state index is -0.357. The van der Waals surface area contributed by atoms with Crippen molar-refractivity contribution in [3.63, 3.8) is 0 Å². The first-order chi connectivity index (χ1) is 9.78. The molecule has 0 spiro atoms. The van der Waals surface area contributed by atoms with Gasteiger partial charge in [0.25, 0.3) is 0 Å². The van der Waals surface area contributed by atoms with E-state index in [1.807, 2.05) is 30.3 Å². The molecule has 3 rings (SSSR count). The van der Waals surface area contributed by atoms with Crippen LogP contribution in [0.15, 0.2) is 36.7 Å². The van der Waals surface area contributed by atoms with Crippen molar-refractivity contribution in [2.75, 3.05) is 17.7 Å². The fraction of sp³-hybridized carbons (Fsp3) is 0.214. The second kappa shape index (κ2) is 5.16. The summed E-state index contributed by atoms with van der Waals surface area (Å²) in [7, 11) is 1.50. The molecule has 20 heavy (non-hydrogen) atoms. The Labute approximate surface area is 116 Å². The van der Waals surface area contributed by atoms with E-state index in [-0.39, 0.29) is 11.9 Å². The number of amides is 1. The van der Waals surface area contributed by atoms with Gasteiger partial charge in [0.2, 0.25) is 11.8 Å². The number of nitrogens with one attached hydrogen (secondary N) is 2. The quantitative estimate of drug-likeness (QED) is 0.883. The first kappa shape index (κ1) is 12.4. The van der Waals surface area contributed by atoms with Crippen LogP contribution in [-0.2, 0) is 11.2 Å². The highest BCUT2D eigenvalue weighted by molar-refractivity contribution is 6.03. The first-order valence-corrected chi connectivity index (χ1v) is 6.28. The van der Waals surface area contributed by atoms with Crippen LogP contribution >= 0.6 is 0 Å². The second-order valence-electron chi connectivity index (χ2n) is 4.48. The summed E-state index contributed by atoms with van der Waals surface area (Å²) in [6.07, 6.45) is 2.00. The molecule has 1 aromatic heterocycles. The summed E-state index contributed by atoms with van der Waals surface area (Å²) in [6, 6.07) is 9.48. The van der Waals surface area contributed by atoms with E-state index >= 15 is 0 Å². The van der Waals surface area contributed by atoms with Crippen molar-refractivity contribution in [3.05, 3.63) is 42.2 Å². The Morgan fingerprint density at radius 2 is 2.05 bits per heavy atom. The van der Waals surface area contributed by atoms with Crippen LogP contribution in [0.3, 0.4) is 0 Å². The van der Waals surface area contributed by atoms with Crippen LogP contribution in [0.4, 0.5) is 11.5 Å². The molecule has 102 valence electrons. The van der Waals surface area contributed by atoms with E-state index in [0.717, 1.165) is 5.56 Å². The van der Waals surface area contributed by atoms with Crippen molar-refractivity contribution < 1.29 is 9.53 Å². The topological polar surface area (TPSA) is 76.1 Å². The highest BCUT2D eigenvalue weighted by atomic mass is 16.5. The van der Waals surface area contributed by atoms with E-state index in [1.54, 1.807) is 0 Å². The van der Waals surface area contributed by atoms with Gasteiger partial charge in [0.1, 0.15) is 18.1 Å². The molecule has 1 amide bonds. The van der Waals surface area contributed by atoms with Gasteiger partial charge in [0, 0.05) is 6.42 Å². The number of carbonyl (C=O) groups is 1. The lowest BCUT2D eigenvalue weighted by Gasteiger charge is -2.26. The van der Waals surface area contributed by atoms with Crippen LogP contribution in [0.1, 0.15) is 5.56 Å². The highest BCUT2D eigenvalue weighted by Gasteiger charge is 2.29. The van der Waals surface area contributed by atoms with Gasteiger partial charge < -0.3 is 15.4 Å². The van der Waals surface area contributed by atoms with E-state index in [1.165, 1.54) is 13.4 Å². The molecule has 0 bridgehead atoms. The van der Waals surface area contributed by atoms with Crippen molar-refractivity contribution >= 4 is 17.4 Å². The lowest BCUT2D eigenvalue weighted by atomic mass is 10.0. The Hall–Kier alpha value is -2.63. The Bertz CT molecular complexity index is 630. The van der Waals surface area contributed by atoms with Gasteiger partial charge in [-0.05, 0) is 5.56 Å². The molecule has 0 aliphatic carbocycles. The van der Waals surface area contributed by atoms with E-state index < -0.39 is 0 Å². The molecule has 1 aromatic carbocycles. The molecule has 2 aromatic rings. The number of methoxy groups -OCH3 is 1. The van der Waals surface area contributed by atoms with E-state index in [9.17, 15) is 4.79 Å². The zero-order chi connectivity index (χ0) is 13.9. The summed E-state index contributed by atoms with van der Waals surface area (Å²) in [6.45, 7) is 0. The number of fused-ring (bicyclic) bond motifs is 1. The number of hydrogen-bond donors (Lipinski definition) is 2. The predicted octanol–water partition coefficient (Wildman–Crippen LogP) is 1.46. The molecule has 2 N–H and O–H groups in total. The summed E-state index contributed by atoms with van der Waals surface area (Å²) in [5.41, 5.74) is 1.58. The number of aromatic nitrogens is 2. The van der Waals surface area contributed by atoms with Crippen LogP contribution in [0.2, 0.25) is 0 Å². The molecule has 1 unspecified atom stereocenters. The monoisotopic (exact) mass is 270 g/mol. The number of ether oxygens (including phenoxy) is 1. The highest BCUT2D eigenvalue weighted by Crippen LogP contribution is 2.32. The Morgan fingerprint density at radius 3 is 2.80 bits per heavy atom.